The molecule has 2 aliphatic rings. The minimum atomic E-state index is -4.10. The Morgan fingerprint density at radius 3 is 2.41 bits per heavy atom. The molecule has 1 aromatic heterocycles. The van der Waals surface area contributed by atoms with Crippen LogP contribution < -0.4 is 5.32 Å². The molecule has 1 aliphatic heterocycles. The normalized spacial score (nSPS) is 17.6. The molecule has 56 heavy (non-hydrogen) atoms. The van der Waals surface area contributed by atoms with Crippen molar-refractivity contribution in [2.24, 2.45) is 17.0 Å². The van der Waals surface area contributed by atoms with Gasteiger partial charge in [-0.3, -0.25) is 19.5 Å². The second-order valence-corrected chi connectivity index (χ2v) is 16.8. The van der Waals surface area contributed by atoms with E-state index in [4.69, 9.17) is 5.21 Å². The number of oxime groups is 1. The number of benzene rings is 3. The molecule has 6 rings (SSSR count). The maximum absolute atomic E-state index is 14.5. The van der Waals surface area contributed by atoms with Crippen LogP contribution in [0.1, 0.15) is 62.6 Å². The predicted molar refractivity (Wildman–Crippen MR) is 212 cm³/mol. The second-order valence-electron chi connectivity index (χ2n) is 14.9. The summed E-state index contributed by atoms with van der Waals surface area (Å²) in [4.78, 5) is 48.9. The number of fused-ring (bicyclic) bond motifs is 1. The van der Waals surface area contributed by atoms with Crippen LogP contribution in [0.4, 0.5) is 4.79 Å². The van der Waals surface area contributed by atoms with Crippen molar-refractivity contribution in [2.75, 3.05) is 19.6 Å². The van der Waals surface area contributed by atoms with Gasteiger partial charge in [-0.1, -0.05) is 98.9 Å². The lowest BCUT2D eigenvalue weighted by Gasteiger charge is -2.34. The summed E-state index contributed by atoms with van der Waals surface area (Å²) in [5, 5.41) is 27.8. The summed E-state index contributed by atoms with van der Waals surface area (Å²) >= 11 is 0. The smallest absolute Gasteiger partial charge is 0.328 e. The lowest BCUT2D eigenvalue weighted by Crippen LogP contribution is -2.57. The zero-order valence-electron chi connectivity index (χ0n) is 31.8. The van der Waals surface area contributed by atoms with Gasteiger partial charge in [0.25, 0.3) is 5.91 Å². The molecule has 1 aliphatic carbocycles. The van der Waals surface area contributed by atoms with Crippen LogP contribution >= 0.6 is 0 Å². The number of sulfonamides is 1. The van der Waals surface area contributed by atoms with Crippen LogP contribution in [0.25, 0.3) is 10.9 Å². The lowest BCUT2D eigenvalue weighted by atomic mass is 9.95. The lowest BCUT2D eigenvalue weighted by molar-refractivity contribution is -0.129. The van der Waals surface area contributed by atoms with E-state index in [2.05, 4.69) is 15.5 Å². The third-order valence-electron chi connectivity index (χ3n) is 11.1. The molecule has 1 saturated carbocycles. The fraction of sp³-hybridized carbons (Fsp3) is 0.405. The Labute approximate surface area is 328 Å². The Balaban J connectivity index is 1.26. The van der Waals surface area contributed by atoms with E-state index in [9.17, 15) is 27.9 Å². The van der Waals surface area contributed by atoms with Crippen molar-refractivity contribution in [3.63, 3.8) is 0 Å². The van der Waals surface area contributed by atoms with Crippen molar-refractivity contribution in [1.29, 1.82) is 0 Å². The summed E-state index contributed by atoms with van der Waals surface area (Å²) in [7, 11) is -4.10. The third kappa shape index (κ3) is 9.26. The van der Waals surface area contributed by atoms with Crippen molar-refractivity contribution in [3.8, 4) is 0 Å². The maximum atomic E-state index is 14.5. The van der Waals surface area contributed by atoms with Gasteiger partial charge in [-0.25, -0.2) is 13.2 Å². The number of aliphatic hydroxyl groups is 1. The Kier molecular flexibility index (Phi) is 13.1. The van der Waals surface area contributed by atoms with Crippen LogP contribution in [-0.4, -0.2) is 99.7 Å². The molecular formula is C42H50N6O7S. The Hall–Kier alpha value is -5.18. The average molecular weight is 783 g/mol. The largest absolute Gasteiger partial charge is 0.411 e. The molecule has 4 aromatic rings. The SMILES string of the molecule is CC[C@H](C)[C@@H](C(=O)N[C@@H](Cc1ccccc1)[C@H](O)CN(CC1CCCC1)S(=O)(=O)c1ccc(C=NO)cc1)N1CC(=O)N(Cc2ccnc3ccccc23)C1=O. The average Bonchev–Trinajstić information content (AvgIpc) is 3.82. The molecule has 0 bridgehead atoms. The number of nitrogens with zero attached hydrogens (tertiary/aromatic N) is 5. The van der Waals surface area contributed by atoms with E-state index in [1.807, 2.05) is 68.4 Å². The van der Waals surface area contributed by atoms with E-state index >= 15 is 0 Å². The first-order chi connectivity index (χ1) is 27.0. The molecule has 3 N–H and O–H groups in total. The number of urea groups is 1. The first-order valence-corrected chi connectivity index (χ1v) is 20.7. The van der Waals surface area contributed by atoms with Crippen LogP contribution in [0.5, 0.6) is 0 Å². The molecule has 4 amide bonds. The molecule has 1 saturated heterocycles. The number of carbonyl (C=O) groups excluding carboxylic acids is 3. The maximum Gasteiger partial charge on any atom is 0.328 e. The summed E-state index contributed by atoms with van der Waals surface area (Å²) < 4.78 is 29.7. The van der Waals surface area contributed by atoms with Gasteiger partial charge >= 0.3 is 6.03 Å². The van der Waals surface area contributed by atoms with Gasteiger partial charge in [0.1, 0.15) is 12.6 Å². The van der Waals surface area contributed by atoms with Gasteiger partial charge in [0, 0.05) is 24.7 Å². The summed E-state index contributed by atoms with van der Waals surface area (Å²) in [6, 6.07) is 21.9. The third-order valence-corrected chi connectivity index (χ3v) is 12.9. The van der Waals surface area contributed by atoms with E-state index in [0.29, 0.717) is 12.0 Å². The van der Waals surface area contributed by atoms with Crippen molar-refractivity contribution in [2.45, 2.75) is 82.0 Å². The fourth-order valence-corrected chi connectivity index (χ4v) is 9.31. The number of aliphatic hydroxyl groups excluding tert-OH is 1. The number of rotatable bonds is 17. The summed E-state index contributed by atoms with van der Waals surface area (Å²) in [5.41, 5.74) is 2.82. The monoisotopic (exact) mass is 782 g/mol. The van der Waals surface area contributed by atoms with Gasteiger partial charge in [0.15, 0.2) is 0 Å². The van der Waals surface area contributed by atoms with E-state index < -0.39 is 46.1 Å². The Morgan fingerprint density at radius 2 is 1.71 bits per heavy atom. The molecular weight excluding hydrogens is 733 g/mol. The molecule has 2 fully saturated rings. The standard InChI is InChI=1S/C42H50N6O7S/c1-3-29(2)40(48-28-39(50)47(42(48)52)26-33-21-22-43-36-16-10-9-15-35(33)36)41(51)45-37(23-30-11-5-4-6-12-30)38(49)27-46(25-32-13-7-8-14-32)56(54,55)34-19-17-31(18-20-34)24-44-53/h4-6,9-12,15-22,24,29,32,37-38,40,49,53H,3,7-8,13-14,23,25-28H2,1-2H3,(H,45,51)/t29-,37-,38+,40-/m0/s1. The van der Waals surface area contributed by atoms with Crippen molar-refractivity contribution in [3.05, 3.63) is 108 Å². The number of amides is 4. The highest BCUT2D eigenvalue weighted by molar-refractivity contribution is 7.89. The van der Waals surface area contributed by atoms with Crippen molar-refractivity contribution < 1.29 is 33.1 Å². The van der Waals surface area contributed by atoms with E-state index in [1.54, 1.807) is 12.3 Å². The number of hydrogen-bond acceptors (Lipinski definition) is 9. The highest BCUT2D eigenvalue weighted by Crippen LogP contribution is 2.29. The van der Waals surface area contributed by atoms with Gasteiger partial charge in [0.2, 0.25) is 15.9 Å². The fourth-order valence-electron chi connectivity index (χ4n) is 7.78. The number of imide groups is 1. The van der Waals surface area contributed by atoms with Crippen LogP contribution in [0.2, 0.25) is 0 Å². The van der Waals surface area contributed by atoms with E-state index in [-0.39, 0.29) is 49.3 Å². The summed E-state index contributed by atoms with van der Waals surface area (Å²) in [6.45, 7) is 3.39. The molecule has 4 atom stereocenters. The zero-order valence-corrected chi connectivity index (χ0v) is 32.6. The molecule has 3 aromatic carbocycles. The highest BCUT2D eigenvalue weighted by Gasteiger charge is 2.45. The van der Waals surface area contributed by atoms with Gasteiger partial charge in [-0.05, 0) is 72.1 Å². The molecule has 296 valence electrons. The number of hydrogen-bond donors (Lipinski definition) is 3. The molecule has 14 heteroatoms. The van der Waals surface area contributed by atoms with Crippen LogP contribution in [0.3, 0.4) is 0 Å². The van der Waals surface area contributed by atoms with E-state index in [0.717, 1.165) is 52.6 Å². The van der Waals surface area contributed by atoms with Crippen LogP contribution in [0, 0.1) is 11.8 Å². The van der Waals surface area contributed by atoms with Gasteiger partial charge in [0.05, 0.1) is 35.3 Å². The molecule has 0 spiro atoms. The van der Waals surface area contributed by atoms with Crippen LogP contribution in [0.15, 0.2) is 101 Å². The number of aromatic nitrogens is 1. The number of para-hydroxylation sites is 1. The first kappa shape index (κ1) is 40.5. The molecule has 0 radical (unpaired) electrons. The predicted octanol–water partition coefficient (Wildman–Crippen LogP) is 5.19. The highest BCUT2D eigenvalue weighted by atomic mass is 32.2. The van der Waals surface area contributed by atoms with Crippen molar-refractivity contribution in [1.82, 2.24) is 24.4 Å². The number of pyridine rings is 1. The minimum absolute atomic E-state index is 0.0183. The topological polar surface area (TPSA) is 173 Å². The molecule has 13 nitrogen and oxygen atoms in total. The minimum Gasteiger partial charge on any atom is -0.411 e. The summed E-state index contributed by atoms with van der Waals surface area (Å²) in [6.07, 6.45) is 5.92. The Morgan fingerprint density at radius 1 is 1.02 bits per heavy atom. The molecule has 2 heterocycles. The zero-order chi connectivity index (χ0) is 39.8. The number of carbonyl (C=O) groups is 3. The Bertz CT molecular complexity index is 2120. The second kappa shape index (κ2) is 18.2. The number of nitrogens with one attached hydrogen (secondary N) is 1. The van der Waals surface area contributed by atoms with Crippen LogP contribution in [-0.2, 0) is 32.6 Å². The quantitative estimate of drug-likeness (QED) is 0.0568. The first-order valence-electron chi connectivity index (χ1n) is 19.2. The van der Waals surface area contributed by atoms with Gasteiger partial charge < -0.3 is 20.5 Å². The van der Waals surface area contributed by atoms with Crippen molar-refractivity contribution >= 4 is 45.0 Å². The van der Waals surface area contributed by atoms with Gasteiger partial charge in [-0.2, -0.15) is 4.31 Å². The molecule has 0 unspecified atom stereocenters. The summed E-state index contributed by atoms with van der Waals surface area (Å²) in [5.74, 6) is -1.21. The van der Waals surface area contributed by atoms with E-state index in [1.165, 1.54) is 39.7 Å². The van der Waals surface area contributed by atoms with Gasteiger partial charge in [-0.15, -0.1) is 0 Å².